The zero-order valence-electron chi connectivity index (χ0n) is 6.99. The summed E-state index contributed by atoms with van der Waals surface area (Å²) in [5, 5.41) is 0. The molecule has 62 valence electrons. The summed E-state index contributed by atoms with van der Waals surface area (Å²) in [6, 6.07) is 8.75. The molecule has 0 aromatic heterocycles. The zero-order chi connectivity index (χ0) is 7.97. The topological polar surface area (TPSA) is 12.5 Å². The first-order chi connectivity index (χ1) is 5.93. The van der Waals surface area contributed by atoms with Crippen molar-refractivity contribution in [3.63, 3.8) is 0 Å². The highest BCUT2D eigenvalue weighted by Crippen LogP contribution is 2.34. The number of aryl methyl sites for hydroxylation is 1. The standard InChI is InChI=1S/C11H12O/c1-2-4-9-7-11-10(12-11)6-5-8(9)3-1/h1-4,10-11H,5-7H2. The normalized spacial score (nSPS) is 31.7. The summed E-state index contributed by atoms with van der Waals surface area (Å²) in [7, 11) is 0. The van der Waals surface area contributed by atoms with Crippen LogP contribution in [-0.4, -0.2) is 12.2 Å². The highest BCUT2D eigenvalue weighted by Gasteiger charge is 2.40. The molecule has 1 aromatic carbocycles. The van der Waals surface area contributed by atoms with E-state index in [1.165, 1.54) is 24.0 Å². The minimum absolute atomic E-state index is 0.550. The Morgan fingerprint density at radius 2 is 1.92 bits per heavy atom. The maximum absolute atomic E-state index is 5.51. The van der Waals surface area contributed by atoms with Gasteiger partial charge in [0.25, 0.3) is 0 Å². The molecule has 1 heteroatoms. The predicted molar refractivity (Wildman–Crippen MR) is 47.1 cm³/mol. The number of rotatable bonds is 0. The van der Waals surface area contributed by atoms with Crippen molar-refractivity contribution in [1.29, 1.82) is 0 Å². The van der Waals surface area contributed by atoms with Crippen LogP contribution < -0.4 is 0 Å². The first kappa shape index (κ1) is 6.67. The first-order valence-corrected chi connectivity index (χ1v) is 4.66. The van der Waals surface area contributed by atoms with Crippen LogP contribution in [0.25, 0.3) is 0 Å². The van der Waals surface area contributed by atoms with E-state index in [1.807, 2.05) is 0 Å². The van der Waals surface area contributed by atoms with E-state index in [0.717, 1.165) is 6.42 Å². The Morgan fingerprint density at radius 3 is 2.83 bits per heavy atom. The van der Waals surface area contributed by atoms with E-state index >= 15 is 0 Å². The second-order valence-corrected chi connectivity index (χ2v) is 3.72. The molecule has 2 unspecified atom stereocenters. The fraction of sp³-hybridized carbons (Fsp3) is 0.455. The molecule has 1 aromatic rings. The van der Waals surface area contributed by atoms with Gasteiger partial charge in [0, 0.05) is 6.42 Å². The van der Waals surface area contributed by atoms with Crippen molar-refractivity contribution in [2.45, 2.75) is 31.5 Å². The predicted octanol–water partition coefficient (Wildman–Crippen LogP) is 1.94. The Kier molecular flexibility index (Phi) is 1.30. The Morgan fingerprint density at radius 1 is 1.08 bits per heavy atom. The van der Waals surface area contributed by atoms with E-state index in [0.29, 0.717) is 12.2 Å². The first-order valence-electron chi connectivity index (χ1n) is 4.66. The molecule has 0 saturated carbocycles. The van der Waals surface area contributed by atoms with Gasteiger partial charge in [-0.2, -0.15) is 0 Å². The molecule has 0 amide bonds. The summed E-state index contributed by atoms with van der Waals surface area (Å²) >= 11 is 0. The highest BCUT2D eigenvalue weighted by atomic mass is 16.6. The lowest BCUT2D eigenvalue weighted by Gasteiger charge is -2.04. The SMILES string of the molecule is c1ccc2c(c1)CCC1OC1C2. The van der Waals surface area contributed by atoms with Gasteiger partial charge in [-0.1, -0.05) is 24.3 Å². The van der Waals surface area contributed by atoms with Gasteiger partial charge < -0.3 is 4.74 Å². The van der Waals surface area contributed by atoms with E-state index < -0.39 is 0 Å². The van der Waals surface area contributed by atoms with Gasteiger partial charge in [-0.3, -0.25) is 0 Å². The van der Waals surface area contributed by atoms with Gasteiger partial charge >= 0.3 is 0 Å². The molecular formula is C11H12O. The summed E-state index contributed by atoms with van der Waals surface area (Å²) in [4.78, 5) is 0. The van der Waals surface area contributed by atoms with Crippen LogP contribution in [0.15, 0.2) is 24.3 Å². The summed E-state index contributed by atoms with van der Waals surface area (Å²) in [5.41, 5.74) is 3.04. The molecule has 1 nitrogen and oxygen atoms in total. The molecule has 0 N–H and O–H groups in total. The minimum Gasteiger partial charge on any atom is -0.369 e. The van der Waals surface area contributed by atoms with Gasteiger partial charge in [0.1, 0.15) is 0 Å². The summed E-state index contributed by atoms with van der Waals surface area (Å²) in [5.74, 6) is 0. The lowest BCUT2D eigenvalue weighted by molar-refractivity contribution is 0.357. The van der Waals surface area contributed by atoms with Crippen LogP contribution >= 0.6 is 0 Å². The molecule has 1 aliphatic heterocycles. The van der Waals surface area contributed by atoms with E-state index in [2.05, 4.69) is 24.3 Å². The smallest absolute Gasteiger partial charge is 0.0882 e. The average Bonchev–Trinajstić information content (AvgIpc) is 2.80. The van der Waals surface area contributed by atoms with Gasteiger partial charge in [0.05, 0.1) is 12.2 Å². The van der Waals surface area contributed by atoms with E-state index in [9.17, 15) is 0 Å². The van der Waals surface area contributed by atoms with E-state index in [-0.39, 0.29) is 0 Å². The molecule has 1 fully saturated rings. The summed E-state index contributed by atoms with van der Waals surface area (Å²) in [6.45, 7) is 0. The zero-order valence-corrected chi connectivity index (χ0v) is 6.99. The lowest BCUT2D eigenvalue weighted by atomic mass is 10.0. The Labute approximate surface area is 72.4 Å². The second-order valence-electron chi connectivity index (χ2n) is 3.72. The van der Waals surface area contributed by atoms with Crippen molar-refractivity contribution >= 4 is 0 Å². The Hall–Kier alpha value is -0.820. The fourth-order valence-electron chi connectivity index (χ4n) is 2.13. The third-order valence-electron chi connectivity index (χ3n) is 2.93. The Balaban J connectivity index is 2.00. The van der Waals surface area contributed by atoms with Crippen molar-refractivity contribution in [3.8, 4) is 0 Å². The van der Waals surface area contributed by atoms with Crippen molar-refractivity contribution in [2.75, 3.05) is 0 Å². The molecule has 0 radical (unpaired) electrons. The van der Waals surface area contributed by atoms with Crippen molar-refractivity contribution in [1.82, 2.24) is 0 Å². The van der Waals surface area contributed by atoms with Crippen molar-refractivity contribution in [2.24, 2.45) is 0 Å². The Bertz CT molecular complexity index is 306. The third-order valence-corrected chi connectivity index (χ3v) is 2.93. The minimum atomic E-state index is 0.550. The van der Waals surface area contributed by atoms with Gasteiger partial charge in [-0.15, -0.1) is 0 Å². The molecule has 1 aliphatic carbocycles. The number of fused-ring (bicyclic) bond motifs is 2. The second kappa shape index (κ2) is 2.33. The van der Waals surface area contributed by atoms with Gasteiger partial charge in [0.2, 0.25) is 0 Å². The summed E-state index contributed by atoms with van der Waals surface area (Å²) < 4.78 is 5.51. The maximum atomic E-state index is 5.51. The maximum Gasteiger partial charge on any atom is 0.0882 e. The molecule has 0 bridgehead atoms. The molecule has 1 saturated heterocycles. The number of ether oxygens (including phenoxy) is 1. The summed E-state index contributed by atoms with van der Waals surface area (Å²) in [6.07, 6.45) is 4.70. The molecule has 0 spiro atoms. The van der Waals surface area contributed by atoms with E-state index in [1.54, 1.807) is 0 Å². The average molecular weight is 160 g/mol. The number of benzene rings is 1. The van der Waals surface area contributed by atoms with Crippen LogP contribution in [0.1, 0.15) is 17.5 Å². The van der Waals surface area contributed by atoms with Crippen LogP contribution in [0.5, 0.6) is 0 Å². The molecular weight excluding hydrogens is 148 g/mol. The number of hydrogen-bond acceptors (Lipinski definition) is 1. The third kappa shape index (κ3) is 0.969. The largest absolute Gasteiger partial charge is 0.369 e. The van der Waals surface area contributed by atoms with Crippen LogP contribution in [0.2, 0.25) is 0 Å². The highest BCUT2D eigenvalue weighted by molar-refractivity contribution is 5.30. The van der Waals surface area contributed by atoms with Gasteiger partial charge in [-0.05, 0) is 24.0 Å². The lowest BCUT2D eigenvalue weighted by Crippen LogP contribution is -1.95. The van der Waals surface area contributed by atoms with Crippen molar-refractivity contribution < 1.29 is 4.74 Å². The molecule has 1 heterocycles. The molecule has 2 aliphatic rings. The van der Waals surface area contributed by atoms with Crippen LogP contribution in [0.3, 0.4) is 0 Å². The quantitative estimate of drug-likeness (QED) is 0.528. The van der Waals surface area contributed by atoms with Gasteiger partial charge in [0.15, 0.2) is 0 Å². The molecule has 12 heavy (non-hydrogen) atoms. The van der Waals surface area contributed by atoms with Crippen LogP contribution in [0.4, 0.5) is 0 Å². The number of epoxide rings is 1. The fourth-order valence-corrected chi connectivity index (χ4v) is 2.13. The molecule has 3 rings (SSSR count). The molecule has 2 atom stereocenters. The number of hydrogen-bond donors (Lipinski definition) is 0. The van der Waals surface area contributed by atoms with Crippen LogP contribution in [-0.2, 0) is 17.6 Å². The van der Waals surface area contributed by atoms with E-state index in [4.69, 9.17) is 4.74 Å². The van der Waals surface area contributed by atoms with Crippen molar-refractivity contribution in [3.05, 3.63) is 35.4 Å². The van der Waals surface area contributed by atoms with Gasteiger partial charge in [-0.25, -0.2) is 0 Å². The monoisotopic (exact) mass is 160 g/mol. The van der Waals surface area contributed by atoms with Crippen LogP contribution in [0, 0.1) is 0 Å².